The number of piperidine rings is 1. The Morgan fingerprint density at radius 1 is 1.43 bits per heavy atom. The van der Waals surface area contributed by atoms with Gasteiger partial charge in [-0.25, -0.2) is 4.79 Å². The number of amides is 2. The molecular weight excluding hydrogens is 272 g/mol. The van der Waals surface area contributed by atoms with E-state index in [1.54, 1.807) is 10.9 Å². The molecule has 2 fully saturated rings. The Bertz CT molecular complexity index is 484. The van der Waals surface area contributed by atoms with Gasteiger partial charge in [0.1, 0.15) is 0 Å². The maximum Gasteiger partial charge on any atom is 0.322 e. The molecule has 3 rings (SSSR count). The van der Waals surface area contributed by atoms with E-state index in [9.17, 15) is 4.79 Å². The molecule has 0 saturated carbocycles. The number of anilines is 1. The lowest BCUT2D eigenvalue weighted by Crippen LogP contribution is -2.51. The number of urea groups is 1. The van der Waals surface area contributed by atoms with E-state index in [0.29, 0.717) is 13.2 Å². The highest BCUT2D eigenvalue weighted by Crippen LogP contribution is 2.25. The quantitative estimate of drug-likeness (QED) is 0.920. The van der Waals surface area contributed by atoms with Crippen molar-refractivity contribution >= 4 is 11.7 Å². The van der Waals surface area contributed by atoms with Crippen molar-refractivity contribution in [1.29, 1.82) is 0 Å². The number of carbonyl (C=O) groups is 1. The van der Waals surface area contributed by atoms with E-state index in [1.165, 1.54) is 0 Å². The minimum Gasteiger partial charge on any atom is -0.348 e. The van der Waals surface area contributed by atoms with Gasteiger partial charge < -0.3 is 19.7 Å². The molecule has 1 aromatic heterocycles. The van der Waals surface area contributed by atoms with Crippen LogP contribution in [-0.2, 0) is 16.0 Å². The minimum atomic E-state index is -0.283. The zero-order valence-electron chi connectivity index (χ0n) is 12.3. The van der Waals surface area contributed by atoms with Gasteiger partial charge in [0.25, 0.3) is 0 Å². The standard InChI is InChI=1S/C14H22N4O3/c1-2-17-10-11(9-15-17)16-14(19)18-6-4-3-5-12(18)13-20-7-8-21-13/h9-10,12-13H,2-8H2,1H3,(H,16,19). The summed E-state index contributed by atoms with van der Waals surface area (Å²) in [6.07, 6.45) is 6.26. The fourth-order valence-electron chi connectivity index (χ4n) is 2.89. The SMILES string of the molecule is CCn1cc(NC(=O)N2CCCCC2C2OCCO2)cn1. The second kappa shape index (κ2) is 6.44. The van der Waals surface area contributed by atoms with Crippen LogP contribution in [0, 0.1) is 0 Å². The number of aryl methyl sites for hydroxylation is 1. The van der Waals surface area contributed by atoms with Crippen molar-refractivity contribution < 1.29 is 14.3 Å². The first-order valence-electron chi connectivity index (χ1n) is 7.61. The third-order valence-corrected chi connectivity index (χ3v) is 3.98. The molecule has 2 amide bonds. The Kier molecular flexibility index (Phi) is 4.40. The number of carbonyl (C=O) groups excluding carboxylic acids is 1. The lowest BCUT2D eigenvalue weighted by molar-refractivity contribution is -0.0973. The lowest BCUT2D eigenvalue weighted by atomic mass is 10.0. The predicted octanol–water partition coefficient (Wildman–Crippen LogP) is 1.66. The predicted molar refractivity (Wildman–Crippen MR) is 77.0 cm³/mol. The highest BCUT2D eigenvalue weighted by Gasteiger charge is 2.36. The Labute approximate surface area is 124 Å². The average molecular weight is 294 g/mol. The van der Waals surface area contributed by atoms with Crippen LogP contribution in [0.3, 0.4) is 0 Å². The van der Waals surface area contributed by atoms with Crippen molar-refractivity contribution in [3.05, 3.63) is 12.4 Å². The van der Waals surface area contributed by atoms with E-state index in [-0.39, 0.29) is 18.4 Å². The molecule has 1 atom stereocenters. The number of hydrogen-bond donors (Lipinski definition) is 1. The first kappa shape index (κ1) is 14.3. The molecule has 0 bridgehead atoms. The second-order valence-corrected chi connectivity index (χ2v) is 5.38. The number of nitrogens with zero attached hydrogens (tertiary/aromatic N) is 3. The lowest BCUT2D eigenvalue weighted by Gasteiger charge is -2.37. The summed E-state index contributed by atoms with van der Waals surface area (Å²) in [7, 11) is 0. The van der Waals surface area contributed by atoms with Crippen LogP contribution in [0.4, 0.5) is 10.5 Å². The molecule has 2 aliphatic rings. The second-order valence-electron chi connectivity index (χ2n) is 5.38. The zero-order valence-corrected chi connectivity index (χ0v) is 12.3. The molecule has 3 heterocycles. The third kappa shape index (κ3) is 3.19. The van der Waals surface area contributed by atoms with Gasteiger partial charge in [-0.1, -0.05) is 0 Å². The first-order chi connectivity index (χ1) is 10.3. The molecule has 0 aliphatic carbocycles. The Balaban J connectivity index is 1.65. The van der Waals surface area contributed by atoms with Crippen molar-refractivity contribution in [2.75, 3.05) is 25.1 Å². The van der Waals surface area contributed by atoms with Crippen LogP contribution in [-0.4, -0.2) is 52.8 Å². The average Bonchev–Trinajstić information content (AvgIpc) is 3.18. The molecule has 0 radical (unpaired) electrons. The van der Waals surface area contributed by atoms with Gasteiger partial charge in [0.05, 0.1) is 31.1 Å². The van der Waals surface area contributed by atoms with Crippen LogP contribution in [0.2, 0.25) is 0 Å². The van der Waals surface area contributed by atoms with Crippen LogP contribution in [0.5, 0.6) is 0 Å². The van der Waals surface area contributed by atoms with Crippen molar-refractivity contribution in [3.63, 3.8) is 0 Å². The number of aromatic nitrogens is 2. The van der Waals surface area contributed by atoms with Gasteiger partial charge in [0.15, 0.2) is 6.29 Å². The van der Waals surface area contributed by atoms with Gasteiger partial charge in [0, 0.05) is 19.3 Å². The molecule has 1 N–H and O–H groups in total. The van der Waals surface area contributed by atoms with Crippen LogP contribution in [0.25, 0.3) is 0 Å². The van der Waals surface area contributed by atoms with E-state index in [1.807, 2.05) is 18.0 Å². The molecule has 21 heavy (non-hydrogen) atoms. The summed E-state index contributed by atoms with van der Waals surface area (Å²) >= 11 is 0. The van der Waals surface area contributed by atoms with Gasteiger partial charge >= 0.3 is 6.03 Å². The fraction of sp³-hybridized carbons (Fsp3) is 0.714. The Morgan fingerprint density at radius 2 is 2.24 bits per heavy atom. The number of nitrogens with one attached hydrogen (secondary N) is 1. The summed E-state index contributed by atoms with van der Waals surface area (Å²) in [4.78, 5) is 14.3. The minimum absolute atomic E-state index is 0.00229. The van der Waals surface area contributed by atoms with Gasteiger partial charge in [-0.05, 0) is 26.2 Å². The third-order valence-electron chi connectivity index (χ3n) is 3.98. The zero-order chi connectivity index (χ0) is 14.7. The van der Waals surface area contributed by atoms with Crippen molar-refractivity contribution in [3.8, 4) is 0 Å². The van der Waals surface area contributed by atoms with Gasteiger partial charge in [-0.2, -0.15) is 5.10 Å². The summed E-state index contributed by atoms with van der Waals surface area (Å²) in [5, 5.41) is 7.08. The number of ether oxygens (including phenoxy) is 2. The van der Waals surface area contributed by atoms with Crippen molar-refractivity contribution in [2.45, 2.75) is 45.1 Å². The molecule has 7 nitrogen and oxygen atoms in total. The summed E-state index contributed by atoms with van der Waals surface area (Å²) in [6.45, 7) is 4.75. The largest absolute Gasteiger partial charge is 0.348 e. The van der Waals surface area contributed by atoms with Gasteiger partial charge in [-0.3, -0.25) is 4.68 Å². The Hall–Kier alpha value is -1.60. The van der Waals surface area contributed by atoms with Crippen LogP contribution < -0.4 is 5.32 Å². The van der Waals surface area contributed by atoms with Gasteiger partial charge in [0.2, 0.25) is 0 Å². The molecular formula is C14H22N4O3. The molecule has 2 saturated heterocycles. The monoisotopic (exact) mass is 294 g/mol. The van der Waals surface area contributed by atoms with Crippen LogP contribution in [0.15, 0.2) is 12.4 Å². The molecule has 7 heteroatoms. The smallest absolute Gasteiger partial charge is 0.322 e. The van der Waals surface area contributed by atoms with E-state index in [2.05, 4.69) is 10.4 Å². The summed E-state index contributed by atoms with van der Waals surface area (Å²) < 4.78 is 13.0. The van der Waals surface area contributed by atoms with E-state index in [4.69, 9.17) is 9.47 Å². The maximum absolute atomic E-state index is 12.5. The van der Waals surface area contributed by atoms with Crippen molar-refractivity contribution in [1.82, 2.24) is 14.7 Å². The molecule has 116 valence electrons. The molecule has 0 aromatic carbocycles. The number of hydrogen-bond acceptors (Lipinski definition) is 4. The van der Waals surface area contributed by atoms with E-state index >= 15 is 0 Å². The fourth-order valence-corrected chi connectivity index (χ4v) is 2.89. The number of likely N-dealkylation sites (tertiary alicyclic amines) is 1. The molecule has 1 aromatic rings. The van der Waals surface area contributed by atoms with Gasteiger partial charge in [-0.15, -0.1) is 0 Å². The summed E-state index contributed by atoms with van der Waals surface area (Å²) in [6, 6.07) is -0.100. The molecule has 2 aliphatic heterocycles. The molecule has 0 spiro atoms. The Morgan fingerprint density at radius 3 is 2.95 bits per heavy atom. The maximum atomic E-state index is 12.5. The molecule has 1 unspecified atom stereocenters. The highest BCUT2D eigenvalue weighted by molar-refractivity contribution is 5.89. The highest BCUT2D eigenvalue weighted by atomic mass is 16.7. The summed E-state index contributed by atoms with van der Waals surface area (Å²) in [5.74, 6) is 0. The first-order valence-corrected chi connectivity index (χ1v) is 7.61. The number of rotatable bonds is 3. The van der Waals surface area contributed by atoms with E-state index in [0.717, 1.165) is 38.0 Å². The van der Waals surface area contributed by atoms with Crippen molar-refractivity contribution in [2.24, 2.45) is 0 Å². The topological polar surface area (TPSA) is 68.6 Å². The van der Waals surface area contributed by atoms with E-state index < -0.39 is 0 Å². The van der Waals surface area contributed by atoms with Crippen LogP contribution >= 0.6 is 0 Å². The summed E-state index contributed by atoms with van der Waals surface area (Å²) in [5.41, 5.74) is 0.722. The normalized spacial score (nSPS) is 23.5. The van der Waals surface area contributed by atoms with Crippen LogP contribution in [0.1, 0.15) is 26.2 Å².